The Kier molecular flexibility index (Phi) is 5.23. The summed E-state index contributed by atoms with van der Waals surface area (Å²) in [5, 5.41) is 8.75. The Balaban J connectivity index is 2.06. The molecule has 0 aliphatic rings. The van der Waals surface area contributed by atoms with Crippen LogP contribution in [-0.2, 0) is 6.61 Å². The third-order valence-corrected chi connectivity index (χ3v) is 2.86. The van der Waals surface area contributed by atoms with E-state index in [9.17, 15) is 0 Å². The van der Waals surface area contributed by atoms with Gasteiger partial charge in [-0.1, -0.05) is 53.8 Å². The van der Waals surface area contributed by atoms with Crippen molar-refractivity contribution in [3.05, 3.63) is 65.2 Å². The van der Waals surface area contributed by atoms with Gasteiger partial charge in [-0.25, -0.2) is 0 Å². The lowest BCUT2D eigenvalue weighted by molar-refractivity contribution is 0.304. The van der Waals surface area contributed by atoms with Crippen molar-refractivity contribution in [3.8, 4) is 17.6 Å². The second-order valence-electron chi connectivity index (χ2n) is 4.55. The van der Waals surface area contributed by atoms with Gasteiger partial charge in [0.2, 0.25) is 0 Å². The molecule has 2 aromatic carbocycles. The van der Waals surface area contributed by atoms with Gasteiger partial charge in [-0.15, -0.1) is 0 Å². The van der Waals surface area contributed by atoms with Crippen LogP contribution in [0, 0.1) is 18.8 Å². The third-order valence-electron chi connectivity index (χ3n) is 2.86. The van der Waals surface area contributed by atoms with Gasteiger partial charge in [0.1, 0.15) is 12.4 Å². The smallest absolute Gasteiger partial charge is 0.135 e. The van der Waals surface area contributed by atoms with Gasteiger partial charge in [0.25, 0.3) is 0 Å². The highest BCUT2D eigenvalue weighted by Crippen LogP contribution is 2.18. The number of ether oxygens (including phenoxy) is 1. The van der Waals surface area contributed by atoms with Gasteiger partial charge in [0.05, 0.1) is 12.2 Å². The Morgan fingerprint density at radius 3 is 2.55 bits per heavy atom. The highest BCUT2D eigenvalue weighted by atomic mass is 16.5. The molecule has 0 amide bonds. The zero-order valence-corrected chi connectivity index (χ0v) is 11.6. The number of benzene rings is 2. The van der Waals surface area contributed by atoms with E-state index in [2.05, 4.69) is 43.0 Å². The van der Waals surface area contributed by atoms with Crippen LogP contribution < -0.4 is 4.74 Å². The fourth-order valence-electron chi connectivity index (χ4n) is 1.75. The summed E-state index contributed by atoms with van der Waals surface area (Å²) in [5.74, 6) is 6.72. The molecule has 0 aromatic heterocycles. The first-order valence-corrected chi connectivity index (χ1v) is 6.66. The number of para-hydroxylation sites is 1. The lowest BCUT2D eigenvalue weighted by Crippen LogP contribution is -1.97. The molecule has 2 aromatic rings. The van der Waals surface area contributed by atoms with Crippen molar-refractivity contribution in [2.45, 2.75) is 20.0 Å². The van der Waals surface area contributed by atoms with E-state index < -0.39 is 0 Å². The van der Waals surface area contributed by atoms with Crippen molar-refractivity contribution >= 4 is 0 Å². The molecular formula is C18H18O2. The van der Waals surface area contributed by atoms with Crippen molar-refractivity contribution in [1.82, 2.24) is 0 Å². The molecule has 0 saturated carbocycles. The maximum atomic E-state index is 8.75. The SMILES string of the molecule is Cc1ccc(COc2ccccc2C#CCCO)cc1. The molecule has 1 N–H and O–H groups in total. The molecule has 0 radical (unpaired) electrons. The molecule has 102 valence electrons. The van der Waals surface area contributed by atoms with Crippen molar-refractivity contribution in [1.29, 1.82) is 0 Å². The summed E-state index contributed by atoms with van der Waals surface area (Å²) >= 11 is 0. The summed E-state index contributed by atoms with van der Waals surface area (Å²) in [6.07, 6.45) is 0.478. The molecule has 0 aliphatic carbocycles. The topological polar surface area (TPSA) is 29.5 Å². The summed E-state index contributed by atoms with van der Waals surface area (Å²) in [4.78, 5) is 0. The van der Waals surface area contributed by atoms with Crippen LogP contribution in [0.25, 0.3) is 0 Å². The van der Waals surface area contributed by atoms with Crippen LogP contribution in [0.15, 0.2) is 48.5 Å². The van der Waals surface area contributed by atoms with Crippen LogP contribution in [0.1, 0.15) is 23.1 Å². The molecular weight excluding hydrogens is 248 g/mol. The molecule has 0 bridgehead atoms. The van der Waals surface area contributed by atoms with Crippen molar-refractivity contribution in [3.63, 3.8) is 0 Å². The fourth-order valence-corrected chi connectivity index (χ4v) is 1.75. The van der Waals surface area contributed by atoms with E-state index in [1.54, 1.807) is 0 Å². The number of hydrogen-bond acceptors (Lipinski definition) is 2. The van der Waals surface area contributed by atoms with E-state index >= 15 is 0 Å². The highest BCUT2D eigenvalue weighted by Gasteiger charge is 2.00. The lowest BCUT2D eigenvalue weighted by Gasteiger charge is -2.08. The third kappa shape index (κ3) is 4.15. The molecule has 2 nitrogen and oxygen atoms in total. The van der Waals surface area contributed by atoms with E-state index in [-0.39, 0.29) is 6.61 Å². The molecule has 20 heavy (non-hydrogen) atoms. The molecule has 0 aliphatic heterocycles. The Hall–Kier alpha value is -2.24. The number of hydrogen-bond donors (Lipinski definition) is 1. The Bertz CT molecular complexity index is 603. The predicted molar refractivity (Wildman–Crippen MR) is 80.5 cm³/mol. The van der Waals surface area contributed by atoms with Gasteiger partial charge in [0.15, 0.2) is 0 Å². The van der Waals surface area contributed by atoms with Crippen LogP contribution >= 0.6 is 0 Å². The standard InChI is InChI=1S/C18H18O2/c1-15-9-11-16(12-10-15)14-20-18-8-3-2-6-17(18)7-4-5-13-19/h2-3,6,8-12,19H,5,13-14H2,1H3. The molecule has 2 heteroatoms. The average molecular weight is 266 g/mol. The summed E-state index contributed by atoms with van der Waals surface area (Å²) in [6, 6.07) is 16.0. The van der Waals surface area contributed by atoms with Crippen LogP contribution in [-0.4, -0.2) is 11.7 Å². The normalized spacial score (nSPS) is 9.70. The molecule has 0 unspecified atom stereocenters. The van der Waals surface area contributed by atoms with Gasteiger partial charge in [-0.3, -0.25) is 0 Å². The van der Waals surface area contributed by atoms with E-state index in [1.165, 1.54) is 5.56 Å². The summed E-state index contributed by atoms with van der Waals surface area (Å²) in [5.41, 5.74) is 3.23. The van der Waals surface area contributed by atoms with Crippen molar-refractivity contribution in [2.24, 2.45) is 0 Å². The van der Waals surface area contributed by atoms with E-state index in [0.717, 1.165) is 16.9 Å². The first-order valence-electron chi connectivity index (χ1n) is 6.66. The monoisotopic (exact) mass is 266 g/mol. The van der Waals surface area contributed by atoms with Crippen LogP contribution in [0.2, 0.25) is 0 Å². The zero-order valence-electron chi connectivity index (χ0n) is 11.6. The molecule has 0 heterocycles. The Morgan fingerprint density at radius 2 is 1.80 bits per heavy atom. The first kappa shape index (κ1) is 14.2. The maximum absolute atomic E-state index is 8.75. The van der Waals surface area contributed by atoms with Crippen molar-refractivity contribution in [2.75, 3.05) is 6.61 Å². The van der Waals surface area contributed by atoms with Crippen LogP contribution in [0.5, 0.6) is 5.75 Å². The molecule has 0 fully saturated rings. The van der Waals surface area contributed by atoms with E-state index in [4.69, 9.17) is 9.84 Å². The van der Waals surface area contributed by atoms with Gasteiger partial charge in [-0.2, -0.15) is 0 Å². The summed E-state index contributed by atoms with van der Waals surface area (Å²) < 4.78 is 5.83. The van der Waals surface area contributed by atoms with Crippen molar-refractivity contribution < 1.29 is 9.84 Å². The van der Waals surface area contributed by atoms with Gasteiger partial charge in [0, 0.05) is 6.42 Å². The molecule has 0 spiro atoms. The van der Waals surface area contributed by atoms with Gasteiger partial charge in [-0.05, 0) is 24.6 Å². The quantitative estimate of drug-likeness (QED) is 0.860. The van der Waals surface area contributed by atoms with E-state index in [0.29, 0.717) is 13.0 Å². The van der Waals surface area contributed by atoms with Gasteiger partial charge < -0.3 is 9.84 Å². The molecule has 2 rings (SSSR count). The Labute approximate surface area is 120 Å². The maximum Gasteiger partial charge on any atom is 0.135 e. The second-order valence-corrected chi connectivity index (χ2v) is 4.55. The number of aryl methyl sites for hydroxylation is 1. The van der Waals surface area contributed by atoms with E-state index in [1.807, 2.05) is 24.3 Å². The highest BCUT2D eigenvalue weighted by molar-refractivity contribution is 5.46. The lowest BCUT2D eigenvalue weighted by atomic mass is 10.1. The minimum absolute atomic E-state index is 0.0827. The molecule has 0 saturated heterocycles. The first-order chi connectivity index (χ1) is 9.79. The number of rotatable bonds is 4. The summed E-state index contributed by atoms with van der Waals surface area (Å²) in [7, 11) is 0. The number of aliphatic hydroxyl groups is 1. The van der Waals surface area contributed by atoms with Crippen LogP contribution in [0.4, 0.5) is 0 Å². The largest absolute Gasteiger partial charge is 0.488 e. The number of aliphatic hydroxyl groups excluding tert-OH is 1. The molecule has 0 atom stereocenters. The minimum Gasteiger partial charge on any atom is -0.488 e. The summed E-state index contributed by atoms with van der Waals surface area (Å²) in [6.45, 7) is 2.68. The average Bonchev–Trinajstić information content (AvgIpc) is 2.48. The Morgan fingerprint density at radius 1 is 1.05 bits per heavy atom. The fraction of sp³-hybridized carbons (Fsp3) is 0.222. The van der Waals surface area contributed by atoms with Crippen LogP contribution in [0.3, 0.4) is 0 Å². The second kappa shape index (κ2) is 7.37. The predicted octanol–water partition coefficient (Wildman–Crippen LogP) is 3.31. The van der Waals surface area contributed by atoms with Gasteiger partial charge >= 0.3 is 0 Å². The minimum atomic E-state index is 0.0827. The zero-order chi connectivity index (χ0) is 14.2.